The topological polar surface area (TPSA) is 203 Å². The van der Waals surface area contributed by atoms with E-state index < -0.39 is 33.6 Å². The Kier molecular flexibility index (Phi) is 16.3. The van der Waals surface area contributed by atoms with Gasteiger partial charge in [-0.2, -0.15) is 0 Å². The number of aliphatic hydroxyl groups excluding tert-OH is 1. The fourth-order valence-corrected chi connectivity index (χ4v) is 9.97. The van der Waals surface area contributed by atoms with E-state index in [4.69, 9.17) is 11.6 Å². The molecule has 4 amide bonds. The van der Waals surface area contributed by atoms with Crippen molar-refractivity contribution >= 4 is 73.2 Å². The third-order valence-corrected chi connectivity index (χ3v) is 14.0. The molecule has 14 nitrogen and oxygen atoms in total. The van der Waals surface area contributed by atoms with Gasteiger partial charge in [0.05, 0.1) is 43.3 Å². The third kappa shape index (κ3) is 12.5. The molecule has 64 heavy (non-hydrogen) atoms. The molecule has 342 valence electrons. The number of aliphatic hydroxyl groups is 1. The molecule has 1 aliphatic rings. The van der Waals surface area contributed by atoms with Gasteiger partial charge in [-0.3, -0.25) is 23.9 Å². The molecule has 6 rings (SSSR count). The number of unbranched alkanes of at least 4 members (excludes halogenated alkanes) is 6. The van der Waals surface area contributed by atoms with E-state index in [2.05, 4.69) is 30.6 Å². The van der Waals surface area contributed by atoms with Crippen molar-refractivity contribution < 1.29 is 32.7 Å². The predicted octanol–water partition coefficient (Wildman–Crippen LogP) is 7.71. The minimum atomic E-state index is -3.99. The number of para-hydroxylation sites is 1. The second kappa shape index (κ2) is 21.6. The normalized spacial score (nSPS) is 15.8. The van der Waals surface area contributed by atoms with Crippen LogP contribution in [-0.4, -0.2) is 83.3 Å². The zero-order valence-electron chi connectivity index (χ0n) is 36.7. The lowest BCUT2D eigenvalue weighted by Crippen LogP contribution is -2.57. The molecule has 17 heteroatoms. The van der Waals surface area contributed by atoms with Gasteiger partial charge in [0.25, 0.3) is 15.9 Å². The van der Waals surface area contributed by atoms with Crippen molar-refractivity contribution in [3.8, 4) is 10.4 Å². The van der Waals surface area contributed by atoms with Gasteiger partial charge < -0.3 is 30.9 Å². The molecule has 5 aromatic rings. The maximum absolute atomic E-state index is 14.0. The first-order chi connectivity index (χ1) is 30.5. The van der Waals surface area contributed by atoms with E-state index in [0.717, 1.165) is 60.2 Å². The number of carbonyl (C=O) groups is 4. The number of carbonyl (C=O) groups excluding carboxylic acids is 4. The number of amides is 4. The van der Waals surface area contributed by atoms with Gasteiger partial charge >= 0.3 is 0 Å². The Bertz CT molecular complexity index is 2540. The van der Waals surface area contributed by atoms with E-state index in [9.17, 15) is 32.7 Å². The van der Waals surface area contributed by atoms with Gasteiger partial charge in [-0.1, -0.05) is 107 Å². The quantitative estimate of drug-likeness (QED) is 0.0426. The number of rotatable bonds is 20. The van der Waals surface area contributed by atoms with E-state index >= 15 is 0 Å². The largest absolute Gasteiger partial charge is 0.391 e. The summed E-state index contributed by atoms with van der Waals surface area (Å²) >= 11 is 7.76. The van der Waals surface area contributed by atoms with E-state index in [-0.39, 0.29) is 60.0 Å². The maximum Gasteiger partial charge on any atom is 0.261 e. The molecule has 3 heterocycles. The number of aryl methyl sites for hydroxylation is 1. The first-order valence-corrected chi connectivity index (χ1v) is 24.5. The van der Waals surface area contributed by atoms with Crippen LogP contribution in [0, 0.1) is 12.3 Å². The number of hydrogen-bond acceptors (Lipinski definition) is 9. The third-order valence-electron chi connectivity index (χ3n) is 11.4. The van der Waals surface area contributed by atoms with Gasteiger partial charge in [0.15, 0.2) is 0 Å². The summed E-state index contributed by atoms with van der Waals surface area (Å²) in [6, 6.07) is 17.2. The SMILES string of the molecule is Cc1ncsc1-c1ccc(CNC(=O)[C@@H]2C[C@@H](O)CN2C(=O)[C@@H](NC(=O)CCCCCCCCCNC(=O)c2cccc(S(=O)(=O)Nc3cccc4c(Cl)c[nH]c34)c2)C(C)(C)C)cc1. The van der Waals surface area contributed by atoms with Crippen LogP contribution in [0.1, 0.15) is 100 Å². The smallest absolute Gasteiger partial charge is 0.261 e. The lowest BCUT2D eigenvalue weighted by atomic mass is 9.85. The van der Waals surface area contributed by atoms with Crippen molar-refractivity contribution in [1.29, 1.82) is 0 Å². The first-order valence-electron chi connectivity index (χ1n) is 21.7. The van der Waals surface area contributed by atoms with Gasteiger partial charge in [-0.05, 0) is 60.6 Å². The standard InChI is InChI=1S/C47H58ClN7O7S2/c1-30-42(63-29-52-30)32-21-19-31(20-22-32)26-51-45(59)39-25-34(56)28-55(39)46(60)43(47(2,3)4)53-40(57)18-10-8-6-5-7-9-11-23-49-44(58)33-14-12-15-35(24-33)64(61,62)54-38-17-13-16-36-37(48)27-50-41(36)38/h12-17,19-22,24,27,29,34,39,43,50,54,56H,5-11,18,23,25-26,28H2,1-4H3,(H,49,58)(H,51,59)(H,53,57)/t34-,39+,43-/m1/s1. The fourth-order valence-electron chi connectivity index (χ4n) is 7.83. The Balaban J connectivity index is 0.870. The number of likely N-dealkylation sites (tertiary alicyclic amines) is 1. The summed E-state index contributed by atoms with van der Waals surface area (Å²) in [6.07, 6.45) is 7.12. The minimum absolute atomic E-state index is 0.0112. The number of sulfonamides is 1. The van der Waals surface area contributed by atoms with E-state index in [0.29, 0.717) is 34.6 Å². The van der Waals surface area contributed by atoms with Crippen LogP contribution in [0.4, 0.5) is 5.69 Å². The average molecular weight is 933 g/mol. The van der Waals surface area contributed by atoms with E-state index in [1.54, 1.807) is 41.8 Å². The second-order valence-electron chi connectivity index (χ2n) is 17.4. The molecule has 1 aliphatic heterocycles. The first kappa shape index (κ1) is 48.2. The zero-order valence-corrected chi connectivity index (χ0v) is 39.1. The van der Waals surface area contributed by atoms with Crippen LogP contribution in [0.15, 0.2) is 83.3 Å². The molecule has 0 spiro atoms. The molecule has 3 atom stereocenters. The number of thiazole rings is 1. The summed E-state index contributed by atoms with van der Waals surface area (Å²) in [5, 5.41) is 20.5. The van der Waals surface area contributed by atoms with Gasteiger partial charge in [-0.15, -0.1) is 11.3 Å². The molecule has 0 aliphatic carbocycles. The molecule has 0 unspecified atom stereocenters. The highest BCUT2D eigenvalue weighted by atomic mass is 35.5. The molecule has 0 radical (unpaired) electrons. The number of aromatic amines is 1. The highest BCUT2D eigenvalue weighted by Gasteiger charge is 2.44. The lowest BCUT2D eigenvalue weighted by Gasteiger charge is -2.35. The van der Waals surface area contributed by atoms with Gasteiger partial charge in [0, 0.05) is 49.6 Å². The summed E-state index contributed by atoms with van der Waals surface area (Å²) in [6.45, 7) is 8.30. The van der Waals surface area contributed by atoms with Crippen molar-refractivity contribution in [2.75, 3.05) is 17.8 Å². The van der Waals surface area contributed by atoms with E-state index in [1.807, 2.05) is 57.5 Å². The maximum atomic E-state index is 14.0. The molecule has 1 saturated heterocycles. The Morgan fingerprint density at radius 3 is 2.36 bits per heavy atom. The molecule has 0 bridgehead atoms. The Morgan fingerprint density at radius 1 is 0.953 bits per heavy atom. The fraction of sp³-hybridized carbons (Fsp3) is 0.426. The summed E-state index contributed by atoms with van der Waals surface area (Å²) in [5.41, 5.74) is 5.24. The van der Waals surface area contributed by atoms with Crippen molar-refractivity contribution in [1.82, 2.24) is 30.8 Å². The van der Waals surface area contributed by atoms with Crippen LogP contribution in [0.2, 0.25) is 5.02 Å². The van der Waals surface area contributed by atoms with Crippen LogP contribution in [-0.2, 0) is 31.0 Å². The Labute approximate surface area is 384 Å². The van der Waals surface area contributed by atoms with Gasteiger partial charge in [-0.25, -0.2) is 13.4 Å². The highest BCUT2D eigenvalue weighted by Crippen LogP contribution is 2.31. The summed E-state index contributed by atoms with van der Waals surface area (Å²) in [7, 11) is -3.99. The number of hydrogen-bond donors (Lipinski definition) is 6. The highest BCUT2D eigenvalue weighted by molar-refractivity contribution is 7.92. The molecule has 6 N–H and O–H groups in total. The summed E-state index contributed by atoms with van der Waals surface area (Å²) in [4.78, 5) is 63.2. The van der Waals surface area contributed by atoms with Crippen molar-refractivity contribution in [3.63, 3.8) is 0 Å². The minimum Gasteiger partial charge on any atom is -0.391 e. The van der Waals surface area contributed by atoms with E-state index in [1.165, 1.54) is 23.1 Å². The number of benzene rings is 3. The lowest BCUT2D eigenvalue weighted by molar-refractivity contribution is -0.144. The summed E-state index contributed by atoms with van der Waals surface area (Å²) in [5.74, 6) is -1.33. The second-order valence-corrected chi connectivity index (χ2v) is 20.4. The monoisotopic (exact) mass is 931 g/mol. The van der Waals surface area contributed by atoms with Crippen LogP contribution >= 0.6 is 22.9 Å². The number of halogens is 1. The molecule has 1 fully saturated rings. The van der Waals surface area contributed by atoms with Crippen LogP contribution in [0.25, 0.3) is 21.3 Å². The number of nitrogens with zero attached hydrogens (tertiary/aromatic N) is 2. The van der Waals surface area contributed by atoms with Crippen LogP contribution in [0.3, 0.4) is 0 Å². The number of fused-ring (bicyclic) bond motifs is 1. The summed E-state index contributed by atoms with van der Waals surface area (Å²) < 4.78 is 29.0. The number of H-pyrrole nitrogens is 1. The van der Waals surface area contributed by atoms with Crippen LogP contribution < -0.4 is 20.7 Å². The number of anilines is 1. The Morgan fingerprint density at radius 2 is 1.66 bits per heavy atom. The number of nitrogens with one attached hydrogen (secondary N) is 5. The number of aromatic nitrogens is 2. The van der Waals surface area contributed by atoms with Crippen molar-refractivity contribution in [3.05, 3.63) is 100 Å². The molecule has 0 saturated carbocycles. The molecular weight excluding hydrogens is 874 g/mol. The Hall–Kier alpha value is -5.29. The average Bonchev–Trinajstić information content (AvgIpc) is 4.00. The predicted molar refractivity (Wildman–Crippen MR) is 251 cm³/mol. The van der Waals surface area contributed by atoms with Gasteiger partial charge in [0.1, 0.15) is 12.1 Å². The van der Waals surface area contributed by atoms with Gasteiger partial charge in [0.2, 0.25) is 17.7 Å². The number of β-amino-alcohol motifs (C(OH)–C–C–N with tert-alkyl or cyclic N) is 1. The molecule has 2 aromatic heterocycles. The van der Waals surface area contributed by atoms with Crippen molar-refractivity contribution in [2.45, 2.75) is 115 Å². The molecule has 3 aromatic carbocycles. The molecular formula is C47H58ClN7O7S2. The van der Waals surface area contributed by atoms with Crippen LogP contribution in [0.5, 0.6) is 0 Å². The van der Waals surface area contributed by atoms with Crippen molar-refractivity contribution in [2.24, 2.45) is 5.41 Å². The zero-order chi connectivity index (χ0) is 46.0.